The predicted molar refractivity (Wildman–Crippen MR) is 131 cm³/mol. The number of hydrogen-bond acceptors (Lipinski definition) is 5. The smallest absolute Gasteiger partial charge is 0.302 e. The first kappa shape index (κ1) is 23.2. The Hall–Kier alpha value is -2.93. The number of halogens is 2. The van der Waals surface area contributed by atoms with E-state index in [2.05, 4.69) is 0 Å². The van der Waals surface area contributed by atoms with Crippen LogP contribution in [-0.2, 0) is 29.1 Å². The molecule has 0 bridgehead atoms. The minimum atomic E-state index is -0.322. The summed E-state index contributed by atoms with van der Waals surface area (Å²) < 4.78 is 27.9. The van der Waals surface area contributed by atoms with Crippen molar-refractivity contribution in [2.75, 3.05) is 6.61 Å². The van der Waals surface area contributed by atoms with Crippen molar-refractivity contribution in [1.82, 2.24) is 0 Å². The molecule has 3 aromatic carbocycles. The highest BCUT2D eigenvalue weighted by atomic mass is 35.5. The summed E-state index contributed by atoms with van der Waals surface area (Å²) in [4.78, 5) is 11.1. The van der Waals surface area contributed by atoms with Crippen molar-refractivity contribution in [3.63, 3.8) is 0 Å². The third-order valence-corrected chi connectivity index (χ3v) is 6.51. The number of fused-ring (bicyclic) bond motifs is 1. The quantitative estimate of drug-likeness (QED) is 0.290. The number of rotatable bonds is 8. The molecule has 33 heavy (non-hydrogen) atoms. The van der Waals surface area contributed by atoms with Crippen LogP contribution in [0.3, 0.4) is 0 Å². The second-order valence-electron chi connectivity index (χ2n) is 7.57. The maximum Gasteiger partial charge on any atom is 0.302 e. The van der Waals surface area contributed by atoms with E-state index in [1.165, 1.54) is 18.3 Å². The molecule has 0 unspecified atom stereocenters. The van der Waals surface area contributed by atoms with Gasteiger partial charge in [0.05, 0.1) is 10.9 Å². The van der Waals surface area contributed by atoms with Gasteiger partial charge in [-0.05, 0) is 41.0 Å². The molecule has 0 aliphatic carbocycles. The Bertz CT molecular complexity index is 1300. The van der Waals surface area contributed by atoms with E-state index in [1.807, 2.05) is 48.5 Å². The van der Waals surface area contributed by atoms with Crippen LogP contribution in [0.25, 0.3) is 21.2 Å². The normalized spacial score (nSPS) is 11.0. The Labute approximate surface area is 200 Å². The van der Waals surface area contributed by atoms with E-state index in [-0.39, 0.29) is 24.9 Å². The minimum absolute atomic E-state index is 0.125. The van der Waals surface area contributed by atoms with Gasteiger partial charge in [-0.1, -0.05) is 48.0 Å². The number of thiophene rings is 1. The zero-order valence-corrected chi connectivity index (χ0v) is 19.6. The summed E-state index contributed by atoms with van der Waals surface area (Å²) in [6.45, 7) is 2.09. The highest BCUT2D eigenvalue weighted by Gasteiger charge is 2.15. The van der Waals surface area contributed by atoms with Gasteiger partial charge in [0.1, 0.15) is 18.2 Å². The summed E-state index contributed by atoms with van der Waals surface area (Å²) >= 11 is 7.74. The molecule has 170 valence electrons. The Morgan fingerprint density at radius 2 is 1.85 bits per heavy atom. The predicted octanol–water partition coefficient (Wildman–Crippen LogP) is 6.50. The summed E-state index contributed by atoms with van der Waals surface area (Å²) in [6, 6.07) is 18.7. The number of hydrogen-bond donors (Lipinski definition) is 1. The van der Waals surface area contributed by atoms with Crippen LogP contribution in [0.15, 0.2) is 60.7 Å². The Balaban J connectivity index is 1.65. The molecule has 0 radical (unpaired) electrons. The molecule has 7 heteroatoms. The van der Waals surface area contributed by atoms with Crippen molar-refractivity contribution in [3.05, 3.63) is 87.5 Å². The maximum atomic E-state index is 15.1. The van der Waals surface area contributed by atoms with Crippen molar-refractivity contribution >= 4 is 39.0 Å². The average Bonchev–Trinajstić information content (AvgIpc) is 3.18. The highest BCUT2D eigenvalue weighted by Crippen LogP contribution is 2.39. The monoisotopic (exact) mass is 483 g/mol. The molecule has 4 rings (SSSR count). The van der Waals surface area contributed by atoms with E-state index in [4.69, 9.17) is 26.8 Å². The molecule has 1 aromatic heterocycles. The van der Waals surface area contributed by atoms with Gasteiger partial charge in [-0.15, -0.1) is 11.3 Å². The van der Waals surface area contributed by atoms with E-state index in [0.717, 1.165) is 26.8 Å². The third-order valence-electron chi connectivity index (χ3n) is 5.30. The van der Waals surface area contributed by atoms with Crippen LogP contribution in [0.5, 0.6) is 5.75 Å². The van der Waals surface area contributed by atoms with Gasteiger partial charge in [-0.2, -0.15) is 0 Å². The van der Waals surface area contributed by atoms with Gasteiger partial charge in [-0.25, -0.2) is 4.39 Å². The maximum absolute atomic E-state index is 15.1. The molecule has 0 fully saturated rings. The lowest BCUT2D eigenvalue weighted by Crippen LogP contribution is -2.05. The number of carbonyl (C=O) groups is 1. The van der Waals surface area contributed by atoms with Crippen LogP contribution in [0.4, 0.5) is 4.39 Å². The first-order valence-corrected chi connectivity index (χ1v) is 11.7. The second-order valence-corrected chi connectivity index (χ2v) is 9.29. The largest absolute Gasteiger partial charge is 0.489 e. The summed E-state index contributed by atoms with van der Waals surface area (Å²) in [7, 11) is 0. The van der Waals surface area contributed by atoms with Crippen LogP contribution in [0, 0.1) is 5.82 Å². The van der Waals surface area contributed by atoms with Gasteiger partial charge in [0.15, 0.2) is 0 Å². The summed E-state index contributed by atoms with van der Waals surface area (Å²) in [6.07, 6.45) is 0.553. The molecule has 0 atom stereocenters. The molecule has 4 aromatic rings. The van der Waals surface area contributed by atoms with E-state index in [1.54, 1.807) is 12.1 Å². The zero-order chi connectivity index (χ0) is 23.4. The lowest BCUT2D eigenvalue weighted by molar-refractivity contribution is -0.140. The second kappa shape index (κ2) is 10.3. The average molecular weight is 484 g/mol. The first-order valence-electron chi connectivity index (χ1n) is 10.5. The molecule has 0 amide bonds. The Morgan fingerprint density at radius 1 is 1.06 bits per heavy atom. The molecule has 0 aliphatic heterocycles. The topological polar surface area (TPSA) is 61.5 Å². The lowest BCUT2D eigenvalue weighted by Gasteiger charge is -2.14. The molecule has 1 heterocycles. The fraction of sp³-hybridized carbons (Fsp3) is 0.192. The number of benzene rings is 3. The van der Waals surface area contributed by atoms with Crippen molar-refractivity contribution in [3.8, 4) is 16.9 Å². The van der Waals surface area contributed by atoms with Gasteiger partial charge >= 0.3 is 5.97 Å². The molecular weight excluding hydrogens is 461 g/mol. The van der Waals surface area contributed by atoms with E-state index in [0.29, 0.717) is 34.2 Å². The third kappa shape index (κ3) is 5.36. The van der Waals surface area contributed by atoms with Crippen LogP contribution < -0.4 is 10.5 Å². The van der Waals surface area contributed by atoms with Gasteiger partial charge in [0.25, 0.3) is 0 Å². The van der Waals surface area contributed by atoms with Gasteiger partial charge in [0.2, 0.25) is 0 Å². The fourth-order valence-corrected chi connectivity index (χ4v) is 4.97. The molecule has 0 saturated carbocycles. The fourth-order valence-electron chi connectivity index (χ4n) is 3.73. The Kier molecular flexibility index (Phi) is 7.28. The van der Waals surface area contributed by atoms with Crippen LogP contribution in [-0.4, -0.2) is 12.6 Å². The molecule has 0 saturated heterocycles. The number of esters is 1. The minimum Gasteiger partial charge on any atom is -0.489 e. The lowest BCUT2D eigenvalue weighted by atomic mass is 9.97. The summed E-state index contributed by atoms with van der Waals surface area (Å²) in [5.41, 5.74) is 9.26. The van der Waals surface area contributed by atoms with Gasteiger partial charge < -0.3 is 15.2 Å². The van der Waals surface area contributed by atoms with E-state index < -0.39 is 0 Å². The molecule has 4 nitrogen and oxygen atoms in total. The van der Waals surface area contributed by atoms with E-state index >= 15 is 4.39 Å². The molecule has 0 spiro atoms. The summed E-state index contributed by atoms with van der Waals surface area (Å²) in [5, 5.41) is 0.892. The standard InChI is InChI=1S/C26H23ClFNO3S/c1-16(30)31-10-9-18-5-2-3-8-23(18)32-15-17-11-21(22-13-25(27)33-24(22)12-17)20-7-4-6-19(14-29)26(20)28/h2-8,11-13H,9-10,14-15,29H2,1H3. The molecular formula is C26H23ClFNO3S. The van der Waals surface area contributed by atoms with Crippen molar-refractivity contribution < 1.29 is 18.7 Å². The summed E-state index contributed by atoms with van der Waals surface area (Å²) in [5.74, 6) is 0.0825. The van der Waals surface area contributed by atoms with Gasteiger partial charge in [0, 0.05) is 41.1 Å². The van der Waals surface area contributed by atoms with Crippen molar-refractivity contribution in [2.45, 2.75) is 26.5 Å². The Morgan fingerprint density at radius 3 is 2.64 bits per heavy atom. The van der Waals surface area contributed by atoms with Crippen molar-refractivity contribution in [1.29, 1.82) is 0 Å². The molecule has 2 N–H and O–H groups in total. The number of nitrogens with two attached hydrogens (primary N) is 1. The first-order chi connectivity index (χ1) is 16.0. The van der Waals surface area contributed by atoms with Gasteiger partial charge in [-0.3, -0.25) is 4.79 Å². The highest BCUT2D eigenvalue weighted by molar-refractivity contribution is 7.22. The van der Waals surface area contributed by atoms with Crippen LogP contribution in [0.2, 0.25) is 4.34 Å². The SMILES string of the molecule is CC(=O)OCCc1ccccc1OCc1cc(-c2cccc(CN)c2F)c2cc(Cl)sc2c1. The zero-order valence-electron chi connectivity index (χ0n) is 18.1. The molecule has 0 aliphatic rings. The van der Waals surface area contributed by atoms with Crippen LogP contribution in [0.1, 0.15) is 23.6 Å². The van der Waals surface area contributed by atoms with E-state index in [9.17, 15) is 4.79 Å². The number of para-hydroxylation sites is 1. The number of carbonyl (C=O) groups excluding carboxylic acids is 1. The van der Waals surface area contributed by atoms with Crippen molar-refractivity contribution in [2.24, 2.45) is 5.73 Å². The van der Waals surface area contributed by atoms with Crippen LogP contribution >= 0.6 is 22.9 Å². The number of ether oxygens (including phenoxy) is 2.